The lowest BCUT2D eigenvalue weighted by molar-refractivity contribution is -0.000905. The van der Waals surface area contributed by atoms with Crippen molar-refractivity contribution >= 4 is 0 Å². The Balaban J connectivity index is 2.34. The van der Waals surface area contributed by atoms with E-state index in [4.69, 9.17) is 4.74 Å². The van der Waals surface area contributed by atoms with E-state index < -0.39 is 0 Å². The average Bonchev–Trinajstić information content (AvgIpc) is 2.27. The molecule has 0 bridgehead atoms. The highest BCUT2D eigenvalue weighted by Gasteiger charge is 2.27. The summed E-state index contributed by atoms with van der Waals surface area (Å²) in [7, 11) is 2.00. The number of rotatable bonds is 2. The summed E-state index contributed by atoms with van der Waals surface area (Å²) >= 11 is 0. The molecule has 76 valence electrons. The first-order chi connectivity index (χ1) is 6.86. The number of ether oxygens (including phenoxy) is 1. The molecule has 0 saturated carbocycles. The molecule has 0 fully saturated rings. The van der Waals surface area contributed by atoms with Crippen LogP contribution in [-0.2, 0) is 11.3 Å². The Morgan fingerprint density at radius 2 is 2.21 bits per heavy atom. The maximum absolute atomic E-state index is 5.79. The van der Waals surface area contributed by atoms with Gasteiger partial charge in [-0.25, -0.2) is 0 Å². The molecule has 0 aliphatic carbocycles. The number of hydrogen-bond donors (Lipinski definition) is 1. The molecule has 0 aromatic heterocycles. The van der Waals surface area contributed by atoms with E-state index in [1.807, 2.05) is 7.05 Å². The molecule has 1 heterocycles. The Morgan fingerprint density at radius 3 is 2.93 bits per heavy atom. The summed E-state index contributed by atoms with van der Waals surface area (Å²) in [4.78, 5) is 0. The van der Waals surface area contributed by atoms with Crippen molar-refractivity contribution in [2.24, 2.45) is 0 Å². The molecule has 14 heavy (non-hydrogen) atoms. The van der Waals surface area contributed by atoms with E-state index in [9.17, 15) is 0 Å². The monoisotopic (exact) mass is 191 g/mol. The molecule has 1 aliphatic rings. The van der Waals surface area contributed by atoms with Gasteiger partial charge in [-0.3, -0.25) is 0 Å². The largest absolute Gasteiger partial charge is 0.372 e. The smallest absolute Gasteiger partial charge is 0.0771 e. The number of benzene rings is 1. The van der Waals surface area contributed by atoms with Gasteiger partial charge in [-0.1, -0.05) is 31.2 Å². The van der Waals surface area contributed by atoms with Crippen LogP contribution in [0, 0.1) is 0 Å². The van der Waals surface area contributed by atoms with Crippen molar-refractivity contribution in [3.05, 3.63) is 35.4 Å². The van der Waals surface area contributed by atoms with Crippen molar-refractivity contribution in [2.45, 2.75) is 32.1 Å². The van der Waals surface area contributed by atoms with Crippen LogP contribution in [-0.4, -0.2) is 13.2 Å². The molecule has 1 aliphatic heterocycles. The Kier molecular flexibility index (Phi) is 2.85. The van der Waals surface area contributed by atoms with E-state index >= 15 is 0 Å². The van der Waals surface area contributed by atoms with Crippen molar-refractivity contribution in [3.8, 4) is 0 Å². The predicted octanol–water partition coefficient (Wildman–Crippen LogP) is 2.26. The number of fused-ring (bicyclic) bond motifs is 1. The summed E-state index contributed by atoms with van der Waals surface area (Å²) in [5.41, 5.74) is 2.71. The maximum atomic E-state index is 5.79. The molecule has 2 rings (SSSR count). The minimum Gasteiger partial charge on any atom is -0.372 e. The first kappa shape index (κ1) is 9.69. The fourth-order valence-corrected chi connectivity index (χ4v) is 2.16. The van der Waals surface area contributed by atoms with Gasteiger partial charge in [0.1, 0.15) is 0 Å². The first-order valence-corrected chi connectivity index (χ1v) is 5.23. The van der Waals surface area contributed by atoms with Crippen LogP contribution in [0.3, 0.4) is 0 Å². The molecule has 1 aromatic carbocycles. The summed E-state index contributed by atoms with van der Waals surface area (Å²) in [5, 5.41) is 3.34. The van der Waals surface area contributed by atoms with Crippen LogP contribution in [0.5, 0.6) is 0 Å². The zero-order valence-corrected chi connectivity index (χ0v) is 8.79. The van der Waals surface area contributed by atoms with Gasteiger partial charge in [0.2, 0.25) is 0 Å². The second kappa shape index (κ2) is 4.11. The van der Waals surface area contributed by atoms with Gasteiger partial charge in [-0.2, -0.15) is 0 Å². The van der Waals surface area contributed by atoms with Crippen LogP contribution in [0.15, 0.2) is 24.3 Å². The van der Waals surface area contributed by atoms with Crippen LogP contribution in [0.25, 0.3) is 0 Å². The summed E-state index contributed by atoms with van der Waals surface area (Å²) in [6.07, 6.45) is 1.37. The lowest BCUT2D eigenvalue weighted by atomic mass is 9.93. The van der Waals surface area contributed by atoms with E-state index in [1.54, 1.807) is 0 Å². The molecule has 2 heteroatoms. The lowest BCUT2D eigenvalue weighted by Crippen LogP contribution is -2.35. The van der Waals surface area contributed by atoms with Crippen LogP contribution >= 0.6 is 0 Å². The van der Waals surface area contributed by atoms with Gasteiger partial charge in [-0.05, 0) is 24.6 Å². The first-order valence-electron chi connectivity index (χ1n) is 5.23. The fraction of sp³-hybridized carbons (Fsp3) is 0.500. The third-order valence-electron chi connectivity index (χ3n) is 2.93. The minimum absolute atomic E-state index is 0.315. The van der Waals surface area contributed by atoms with Gasteiger partial charge < -0.3 is 10.1 Å². The Bertz CT molecular complexity index is 311. The molecule has 0 radical (unpaired) electrons. The highest BCUT2D eigenvalue weighted by Crippen LogP contribution is 2.30. The maximum Gasteiger partial charge on any atom is 0.0771 e. The van der Waals surface area contributed by atoms with Gasteiger partial charge >= 0.3 is 0 Å². The molecule has 2 unspecified atom stereocenters. The number of hydrogen-bond acceptors (Lipinski definition) is 2. The van der Waals surface area contributed by atoms with Crippen LogP contribution in [0.4, 0.5) is 0 Å². The van der Waals surface area contributed by atoms with Crippen LogP contribution in [0.1, 0.15) is 30.5 Å². The second-order valence-corrected chi connectivity index (χ2v) is 3.72. The topological polar surface area (TPSA) is 21.3 Å². The van der Waals surface area contributed by atoms with Crippen molar-refractivity contribution in [1.82, 2.24) is 5.32 Å². The van der Waals surface area contributed by atoms with Crippen molar-refractivity contribution < 1.29 is 4.74 Å². The average molecular weight is 191 g/mol. The third-order valence-corrected chi connectivity index (χ3v) is 2.93. The summed E-state index contributed by atoms with van der Waals surface area (Å²) < 4.78 is 5.79. The molecule has 0 spiro atoms. The van der Waals surface area contributed by atoms with Gasteiger partial charge in [0, 0.05) is 0 Å². The van der Waals surface area contributed by atoms with E-state index in [2.05, 4.69) is 36.5 Å². The van der Waals surface area contributed by atoms with Crippen molar-refractivity contribution in [2.75, 3.05) is 7.05 Å². The zero-order valence-electron chi connectivity index (χ0n) is 8.79. The molecule has 2 atom stereocenters. The van der Waals surface area contributed by atoms with Gasteiger partial charge in [0.05, 0.1) is 18.8 Å². The van der Waals surface area contributed by atoms with Crippen LogP contribution < -0.4 is 5.32 Å². The molecule has 2 nitrogen and oxygen atoms in total. The Labute approximate surface area is 85.3 Å². The quantitative estimate of drug-likeness (QED) is 0.774. The van der Waals surface area contributed by atoms with E-state index in [0.717, 1.165) is 13.0 Å². The normalized spacial score (nSPS) is 25.9. The van der Waals surface area contributed by atoms with Gasteiger partial charge in [0.15, 0.2) is 0 Å². The molecular formula is C12H17NO. The SMILES string of the molecule is CCC1OCc2ccccc2C1NC. The molecule has 0 saturated heterocycles. The fourth-order valence-electron chi connectivity index (χ4n) is 2.16. The number of likely N-dealkylation sites (N-methyl/N-ethyl adjacent to an activating group) is 1. The lowest BCUT2D eigenvalue weighted by Gasteiger charge is -2.33. The van der Waals surface area contributed by atoms with Crippen molar-refractivity contribution in [1.29, 1.82) is 0 Å². The van der Waals surface area contributed by atoms with Crippen LogP contribution in [0.2, 0.25) is 0 Å². The van der Waals surface area contributed by atoms with E-state index in [-0.39, 0.29) is 0 Å². The standard InChI is InChI=1S/C12H17NO/c1-3-11-12(13-2)10-7-5-4-6-9(10)8-14-11/h4-7,11-13H,3,8H2,1-2H3. The molecule has 0 amide bonds. The molecule has 1 N–H and O–H groups in total. The zero-order chi connectivity index (χ0) is 9.97. The highest BCUT2D eigenvalue weighted by atomic mass is 16.5. The summed E-state index contributed by atoms with van der Waals surface area (Å²) in [6.45, 7) is 2.93. The highest BCUT2D eigenvalue weighted by molar-refractivity contribution is 5.31. The van der Waals surface area contributed by atoms with E-state index in [0.29, 0.717) is 12.1 Å². The summed E-state index contributed by atoms with van der Waals surface area (Å²) in [6, 6.07) is 8.86. The second-order valence-electron chi connectivity index (χ2n) is 3.72. The third kappa shape index (κ3) is 1.56. The molecular weight excluding hydrogens is 174 g/mol. The van der Waals surface area contributed by atoms with Crippen molar-refractivity contribution in [3.63, 3.8) is 0 Å². The minimum atomic E-state index is 0.315. The van der Waals surface area contributed by atoms with Gasteiger partial charge in [-0.15, -0.1) is 0 Å². The summed E-state index contributed by atoms with van der Waals surface area (Å²) in [5.74, 6) is 0. The Hall–Kier alpha value is -0.860. The number of nitrogens with one attached hydrogen (secondary N) is 1. The van der Waals surface area contributed by atoms with E-state index in [1.165, 1.54) is 11.1 Å². The van der Waals surface area contributed by atoms with Gasteiger partial charge in [0.25, 0.3) is 0 Å². The molecule has 1 aromatic rings. The Morgan fingerprint density at radius 1 is 1.43 bits per heavy atom. The predicted molar refractivity (Wildman–Crippen MR) is 57.1 cm³/mol.